The van der Waals surface area contributed by atoms with Gasteiger partial charge in [-0.15, -0.1) is 0 Å². The normalized spacial score (nSPS) is 12.6. The minimum atomic E-state index is -0.726. The Labute approximate surface area is 102 Å². The first-order chi connectivity index (χ1) is 8.11. The first-order valence-corrected chi connectivity index (χ1v) is 5.93. The molecule has 0 fully saturated rings. The van der Waals surface area contributed by atoms with Crippen LogP contribution in [-0.2, 0) is 11.2 Å². The summed E-state index contributed by atoms with van der Waals surface area (Å²) in [6.07, 6.45) is 4.43. The molecule has 1 unspecified atom stereocenters. The van der Waals surface area contributed by atoms with Crippen LogP contribution in [0.25, 0.3) is 0 Å². The van der Waals surface area contributed by atoms with Crippen molar-refractivity contribution < 1.29 is 9.90 Å². The zero-order valence-corrected chi connectivity index (χ0v) is 10.4. The third kappa shape index (κ3) is 4.95. The van der Waals surface area contributed by atoms with Gasteiger partial charge in [0.05, 0.1) is 5.92 Å². The molecule has 4 nitrogen and oxygen atoms in total. The molecular weight excluding hydrogens is 216 g/mol. The van der Waals surface area contributed by atoms with Gasteiger partial charge in [0.25, 0.3) is 0 Å². The second kappa shape index (κ2) is 7.01. The van der Waals surface area contributed by atoms with Gasteiger partial charge in [-0.1, -0.05) is 13.8 Å². The fourth-order valence-corrected chi connectivity index (χ4v) is 1.65. The Balaban J connectivity index is 2.26. The molecule has 1 rings (SSSR count). The number of aliphatic carboxylic acids is 1. The molecule has 1 aromatic rings. The number of hydrogen-bond donors (Lipinski definition) is 2. The van der Waals surface area contributed by atoms with Gasteiger partial charge in [0.1, 0.15) is 0 Å². The minimum Gasteiger partial charge on any atom is -0.481 e. The van der Waals surface area contributed by atoms with Crippen molar-refractivity contribution in [1.82, 2.24) is 10.3 Å². The number of pyridine rings is 1. The lowest BCUT2D eigenvalue weighted by atomic mass is 9.96. The minimum absolute atomic E-state index is 0.154. The molecule has 0 saturated heterocycles. The molecule has 0 aliphatic carbocycles. The molecule has 17 heavy (non-hydrogen) atoms. The van der Waals surface area contributed by atoms with Crippen molar-refractivity contribution >= 4 is 5.97 Å². The van der Waals surface area contributed by atoms with Crippen molar-refractivity contribution in [2.45, 2.75) is 20.3 Å². The molecule has 1 heterocycles. The highest BCUT2D eigenvalue weighted by Crippen LogP contribution is 2.09. The first-order valence-electron chi connectivity index (χ1n) is 5.93. The summed E-state index contributed by atoms with van der Waals surface area (Å²) >= 11 is 0. The van der Waals surface area contributed by atoms with Crippen molar-refractivity contribution in [2.24, 2.45) is 11.8 Å². The molecule has 0 aromatic carbocycles. The largest absolute Gasteiger partial charge is 0.481 e. The average Bonchev–Trinajstić information content (AvgIpc) is 2.29. The Bertz CT molecular complexity index is 339. The number of carboxylic acid groups (broad SMARTS) is 1. The van der Waals surface area contributed by atoms with Crippen LogP contribution in [0.2, 0.25) is 0 Å². The molecular formula is C13H20N2O2. The van der Waals surface area contributed by atoms with E-state index in [1.54, 1.807) is 12.4 Å². The number of carboxylic acids is 1. The Morgan fingerprint density at radius 3 is 2.59 bits per heavy atom. The monoisotopic (exact) mass is 236 g/mol. The van der Waals surface area contributed by atoms with Crippen molar-refractivity contribution in [3.05, 3.63) is 30.1 Å². The topological polar surface area (TPSA) is 62.2 Å². The highest BCUT2D eigenvalue weighted by molar-refractivity contribution is 5.70. The van der Waals surface area contributed by atoms with Gasteiger partial charge in [-0.05, 0) is 36.6 Å². The number of rotatable bonds is 7. The number of nitrogens with one attached hydrogen (secondary N) is 1. The molecule has 1 aromatic heterocycles. The van der Waals surface area contributed by atoms with Gasteiger partial charge in [0.2, 0.25) is 0 Å². The van der Waals surface area contributed by atoms with E-state index in [9.17, 15) is 4.79 Å². The second-order valence-corrected chi connectivity index (χ2v) is 4.50. The lowest BCUT2D eigenvalue weighted by molar-refractivity contribution is -0.143. The summed E-state index contributed by atoms with van der Waals surface area (Å²) in [6.45, 7) is 5.19. The SMILES string of the molecule is CC(C)C(CNCCc1ccncc1)C(=O)O. The van der Waals surface area contributed by atoms with Gasteiger partial charge in [-0.25, -0.2) is 0 Å². The van der Waals surface area contributed by atoms with Gasteiger partial charge < -0.3 is 10.4 Å². The van der Waals surface area contributed by atoms with E-state index in [1.165, 1.54) is 5.56 Å². The predicted molar refractivity (Wildman–Crippen MR) is 66.8 cm³/mol. The van der Waals surface area contributed by atoms with E-state index < -0.39 is 5.97 Å². The number of nitrogens with zero attached hydrogens (tertiary/aromatic N) is 1. The molecule has 0 spiro atoms. The lowest BCUT2D eigenvalue weighted by Gasteiger charge is -2.16. The van der Waals surface area contributed by atoms with Crippen LogP contribution in [0.15, 0.2) is 24.5 Å². The highest BCUT2D eigenvalue weighted by atomic mass is 16.4. The molecule has 94 valence electrons. The zero-order chi connectivity index (χ0) is 12.7. The van der Waals surface area contributed by atoms with Crippen molar-refractivity contribution in [2.75, 3.05) is 13.1 Å². The Kier molecular flexibility index (Phi) is 5.63. The summed E-state index contributed by atoms with van der Waals surface area (Å²) in [5.74, 6) is -0.884. The maximum absolute atomic E-state index is 11.0. The molecule has 0 aliphatic heterocycles. The molecule has 4 heteroatoms. The van der Waals surface area contributed by atoms with Gasteiger partial charge in [0.15, 0.2) is 0 Å². The second-order valence-electron chi connectivity index (χ2n) is 4.50. The summed E-state index contributed by atoms with van der Waals surface area (Å²) in [5, 5.41) is 12.2. The molecule has 0 aliphatic rings. The van der Waals surface area contributed by atoms with Crippen molar-refractivity contribution in [1.29, 1.82) is 0 Å². The van der Waals surface area contributed by atoms with Crippen LogP contribution < -0.4 is 5.32 Å². The average molecular weight is 236 g/mol. The van der Waals surface area contributed by atoms with Gasteiger partial charge >= 0.3 is 5.97 Å². The maximum Gasteiger partial charge on any atom is 0.308 e. The van der Waals surface area contributed by atoms with Crippen LogP contribution in [0, 0.1) is 11.8 Å². The summed E-state index contributed by atoms with van der Waals surface area (Å²) in [5.41, 5.74) is 1.21. The van der Waals surface area contributed by atoms with Crippen molar-refractivity contribution in [3.8, 4) is 0 Å². The molecule has 1 atom stereocenters. The van der Waals surface area contributed by atoms with Crippen LogP contribution in [0.4, 0.5) is 0 Å². The zero-order valence-electron chi connectivity index (χ0n) is 10.4. The third-order valence-electron chi connectivity index (χ3n) is 2.83. The van der Waals surface area contributed by atoms with E-state index in [0.29, 0.717) is 6.54 Å². The smallest absolute Gasteiger partial charge is 0.308 e. The standard InChI is InChI=1S/C13H20N2O2/c1-10(2)12(13(16)17)9-15-8-5-11-3-6-14-7-4-11/h3-4,6-7,10,12,15H,5,8-9H2,1-2H3,(H,16,17). The summed E-state index contributed by atoms with van der Waals surface area (Å²) < 4.78 is 0. The lowest BCUT2D eigenvalue weighted by Crippen LogP contribution is -2.33. The van der Waals surface area contributed by atoms with E-state index in [-0.39, 0.29) is 11.8 Å². The van der Waals surface area contributed by atoms with E-state index in [4.69, 9.17) is 5.11 Å². The fraction of sp³-hybridized carbons (Fsp3) is 0.538. The highest BCUT2D eigenvalue weighted by Gasteiger charge is 2.20. The maximum atomic E-state index is 11.0. The first kappa shape index (κ1) is 13.6. The number of carbonyl (C=O) groups is 1. The van der Waals surface area contributed by atoms with E-state index >= 15 is 0 Å². The quantitative estimate of drug-likeness (QED) is 0.705. The third-order valence-corrected chi connectivity index (χ3v) is 2.83. The molecule has 0 radical (unpaired) electrons. The van der Waals surface area contributed by atoms with E-state index in [2.05, 4.69) is 10.3 Å². The summed E-state index contributed by atoms with van der Waals surface area (Å²) in [6, 6.07) is 3.94. The van der Waals surface area contributed by atoms with Crippen molar-refractivity contribution in [3.63, 3.8) is 0 Å². The Morgan fingerprint density at radius 2 is 2.06 bits per heavy atom. The van der Waals surface area contributed by atoms with E-state index in [1.807, 2.05) is 26.0 Å². The molecule has 0 bridgehead atoms. The number of aromatic nitrogens is 1. The van der Waals surface area contributed by atoms with Gasteiger partial charge in [-0.3, -0.25) is 9.78 Å². The Morgan fingerprint density at radius 1 is 1.41 bits per heavy atom. The van der Waals surface area contributed by atoms with Gasteiger partial charge in [-0.2, -0.15) is 0 Å². The van der Waals surface area contributed by atoms with Crippen LogP contribution in [-0.4, -0.2) is 29.1 Å². The fourth-order valence-electron chi connectivity index (χ4n) is 1.65. The summed E-state index contributed by atoms with van der Waals surface area (Å²) in [4.78, 5) is 14.9. The van der Waals surface area contributed by atoms with Crippen LogP contribution in [0.5, 0.6) is 0 Å². The van der Waals surface area contributed by atoms with Crippen LogP contribution >= 0.6 is 0 Å². The molecule has 0 saturated carbocycles. The van der Waals surface area contributed by atoms with E-state index in [0.717, 1.165) is 13.0 Å². The number of hydrogen-bond acceptors (Lipinski definition) is 3. The van der Waals surface area contributed by atoms with Crippen LogP contribution in [0.1, 0.15) is 19.4 Å². The van der Waals surface area contributed by atoms with Gasteiger partial charge in [0, 0.05) is 18.9 Å². The summed E-state index contributed by atoms with van der Waals surface area (Å²) in [7, 11) is 0. The van der Waals surface area contributed by atoms with Crippen LogP contribution in [0.3, 0.4) is 0 Å². The molecule has 0 amide bonds. The predicted octanol–water partition coefficient (Wildman–Crippen LogP) is 1.57. The Hall–Kier alpha value is -1.42. The molecule has 2 N–H and O–H groups in total.